The fourth-order valence-electron chi connectivity index (χ4n) is 1.46. The molecule has 0 rings (SSSR count). The van der Waals surface area contributed by atoms with Crippen LogP contribution >= 0.6 is 0 Å². The van der Waals surface area contributed by atoms with E-state index in [-0.39, 0.29) is 17.6 Å². The SMILES string of the molecule is CCC[C@@H](NC(=O)OC(C)(C)C)C(C)(C)C. The van der Waals surface area contributed by atoms with Crippen LogP contribution in [0, 0.1) is 5.41 Å². The Labute approximate surface area is 99.9 Å². The molecule has 0 bridgehead atoms. The Morgan fingerprint density at radius 3 is 2.00 bits per heavy atom. The minimum atomic E-state index is -0.432. The smallest absolute Gasteiger partial charge is 0.407 e. The highest BCUT2D eigenvalue weighted by atomic mass is 16.6. The van der Waals surface area contributed by atoms with E-state index in [0.29, 0.717) is 0 Å². The largest absolute Gasteiger partial charge is 0.444 e. The van der Waals surface area contributed by atoms with Crippen molar-refractivity contribution in [2.24, 2.45) is 5.41 Å². The molecule has 1 amide bonds. The van der Waals surface area contributed by atoms with Crippen molar-refractivity contribution in [3.8, 4) is 0 Å². The first kappa shape index (κ1) is 15.3. The van der Waals surface area contributed by atoms with Gasteiger partial charge in [0.15, 0.2) is 0 Å². The average molecular weight is 229 g/mol. The summed E-state index contributed by atoms with van der Waals surface area (Å²) in [5.41, 5.74) is -0.369. The molecular formula is C13H27NO2. The first-order valence-corrected chi connectivity index (χ1v) is 6.06. The van der Waals surface area contributed by atoms with Gasteiger partial charge in [0.05, 0.1) is 0 Å². The van der Waals surface area contributed by atoms with Gasteiger partial charge in [0.1, 0.15) is 5.60 Å². The van der Waals surface area contributed by atoms with Gasteiger partial charge in [0, 0.05) is 6.04 Å². The zero-order valence-electron chi connectivity index (χ0n) is 11.8. The molecule has 0 aromatic carbocycles. The predicted molar refractivity (Wildman–Crippen MR) is 67.5 cm³/mol. The molecule has 0 aliphatic carbocycles. The van der Waals surface area contributed by atoms with Crippen LogP contribution in [-0.2, 0) is 4.74 Å². The number of nitrogens with one attached hydrogen (secondary N) is 1. The molecule has 0 spiro atoms. The van der Waals surface area contributed by atoms with Crippen molar-refractivity contribution in [3.63, 3.8) is 0 Å². The maximum Gasteiger partial charge on any atom is 0.407 e. The van der Waals surface area contributed by atoms with E-state index >= 15 is 0 Å². The van der Waals surface area contributed by atoms with Crippen molar-refractivity contribution in [3.05, 3.63) is 0 Å². The second kappa shape index (κ2) is 5.55. The Morgan fingerprint density at radius 2 is 1.69 bits per heavy atom. The van der Waals surface area contributed by atoms with E-state index < -0.39 is 5.60 Å². The summed E-state index contributed by atoms with van der Waals surface area (Å²) in [5, 5.41) is 2.95. The number of carbonyl (C=O) groups is 1. The molecule has 0 aliphatic heterocycles. The van der Waals surface area contributed by atoms with E-state index in [9.17, 15) is 4.79 Å². The number of hydrogen-bond acceptors (Lipinski definition) is 2. The van der Waals surface area contributed by atoms with Crippen LogP contribution in [0.1, 0.15) is 61.3 Å². The summed E-state index contributed by atoms with van der Waals surface area (Å²) in [4.78, 5) is 11.7. The van der Waals surface area contributed by atoms with E-state index in [1.54, 1.807) is 0 Å². The summed E-state index contributed by atoms with van der Waals surface area (Å²) >= 11 is 0. The summed E-state index contributed by atoms with van der Waals surface area (Å²) in [6, 6.07) is 0.160. The molecule has 96 valence electrons. The van der Waals surface area contributed by atoms with Crippen LogP contribution in [0.25, 0.3) is 0 Å². The minimum absolute atomic E-state index is 0.0624. The Balaban J connectivity index is 4.36. The molecule has 0 aromatic rings. The molecule has 3 heteroatoms. The lowest BCUT2D eigenvalue weighted by atomic mass is 9.84. The molecule has 0 aromatic heterocycles. The zero-order chi connectivity index (χ0) is 13.0. The Bertz CT molecular complexity index is 223. The molecule has 16 heavy (non-hydrogen) atoms. The second-order valence-corrected chi connectivity index (χ2v) is 6.35. The third-order valence-corrected chi connectivity index (χ3v) is 2.31. The van der Waals surface area contributed by atoms with E-state index in [4.69, 9.17) is 4.74 Å². The Kier molecular flexibility index (Phi) is 5.30. The van der Waals surface area contributed by atoms with Gasteiger partial charge in [0.25, 0.3) is 0 Å². The quantitative estimate of drug-likeness (QED) is 0.801. The van der Waals surface area contributed by atoms with Crippen molar-refractivity contribution in [1.29, 1.82) is 0 Å². The van der Waals surface area contributed by atoms with Crippen LogP contribution in [0.5, 0.6) is 0 Å². The van der Waals surface area contributed by atoms with E-state index in [1.807, 2.05) is 20.8 Å². The predicted octanol–water partition coefficient (Wildman–Crippen LogP) is 3.73. The van der Waals surface area contributed by atoms with Crippen molar-refractivity contribution in [2.75, 3.05) is 0 Å². The van der Waals surface area contributed by atoms with E-state index in [2.05, 4.69) is 33.0 Å². The molecule has 3 nitrogen and oxygen atoms in total. The lowest BCUT2D eigenvalue weighted by molar-refractivity contribution is 0.0459. The highest BCUT2D eigenvalue weighted by Crippen LogP contribution is 2.23. The molecule has 0 fully saturated rings. The molecule has 1 N–H and O–H groups in total. The van der Waals surface area contributed by atoms with Gasteiger partial charge in [0.2, 0.25) is 0 Å². The van der Waals surface area contributed by atoms with Gasteiger partial charge in [-0.1, -0.05) is 34.1 Å². The lowest BCUT2D eigenvalue weighted by Gasteiger charge is -2.32. The van der Waals surface area contributed by atoms with Crippen molar-refractivity contribution in [1.82, 2.24) is 5.32 Å². The van der Waals surface area contributed by atoms with Gasteiger partial charge in [-0.2, -0.15) is 0 Å². The van der Waals surface area contributed by atoms with Gasteiger partial charge in [-0.25, -0.2) is 4.79 Å². The fourth-order valence-corrected chi connectivity index (χ4v) is 1.46. The van der Waals surface area contributed by atoms with E-state index in [0.717, 1.165) is 12.8 Å². The molecule has 0 saturated carbocycles. The number of alkyl carbamates (subject to hydrolysis) is 1. The summed E-state index contributed by atoms with van der Waals surface area (Å²) in [6.45, 7) is 14.1. The van der Waals surface area contributed by atoms with Crippen molar-refractivity contribution < 1.29 is 9.53 Å². The number of hydrogen-bond donors (Lipinski definition) is 1. The summed E-state index contributed by atoms with van der Waals surface area (Å²) < 4.78 is 5.26. The number of amides is 1. The van der Waals surface area contributed by atoms with Gasteiger partial charge in [-0.15, -0.1) is 0 Å². The minimum Gasteiger partial charge on any atom is -0.444 e. The summed E-state index contributed by atoms with van der Waals surface area (Å²) in [7, 11) is 0. The molecule has 0 heterocycles. The third kappa shape index (κ3) is 6.70. The highest BCUT2D eigenvalue weighted by molar-refractivity contribution is 5.68. The first-order chi connectivity index (χ1) is 7.06. The van der Waals surface area contributed by atoms with Gasteiger partial charge >= 0.3 is 6.09 Å². The van der Waals surface area contributed by atoms with Gasteiger partial charge in [-0.3, -0.25) is 0 Å². The molecule has 1 atom stereocenters. The summed E-state index contributed by atoms with van der Waals surface area (Å²) in [6.07, 6.45) is 1.71. The summed E-state index contributed by atoms with van der Waals surface area (Å²) in [5.74, 6) is 0. The normalized spacial score (nSPS) is 14.4. The maximum atomic E-state index is 11.7. The van der Waals surface area contributed by atoms with Crippen LogP contribution in [0.15, 0.2) is 0 Å². The van der Waals surface area contributed by atoms with Gasteiger partial charge < -0.3 is 10.1 Å². The molecule has 0 unspecified atom stereocenters. The van der Waals surface area contributed by atoms with Crippen LogP contribution in [0.3, 0.4) is 0 Å². The molecule has 0 radical (unpaired) electrons. The fraction of sp³-hybridized carbons (Fsp3) is 0.923. The Morgan fingerprint density at radius 1 is 1.19 bits per heavy atom. The standard InChI is InChI=1S/C13H27NO2/c1-8-9-10(12(2,3)4)14-11(15)16-13(5,6)7/h10H,8-9H2,1-7H3,(H,14,15)/t10-/m1/s1. The van der Waals surface area contributed by atoms with Crippen LogP contribution < -0.4 is 5.32 Å². The second-order valence-electron chi connectivity index (χ2n) is 6.35. The van der Waals surface area contributed by atoms with Crippen molar-refractivity contribution >= 4 is 6.09 Å². The van der Waals surface area contributed by atoms with E-state index in [1.165, 1.54) is 0 Å². The topological polar surface area (TPSA) is 38.3 Å². The number of carbonyl (C=O) groups excluding carboxylic acids is 1. The first-order valence-electron chi connectivity index (χ1n) is 6.06. The number of ether oxygens (including phenoxy) is 1. The van der Waals surface area contributed by atoms with Crippen LogP contribution in [0.4, 0.5) is 4.79 Å². The third-order valence-electron chi connectivity index (χ3n) is 2.31. The highest BCUT2D eigenvalue weighted by Gasteiger charge is 2.27. The monoisotopic (exact) mass is 229 g/mol. The molecule has 0 saturated heterocycles. The van der Waals surface area contributed by atoms with Crippen molar-refractivity contribution in [2.45, 2.75) is 73.0 Å². The number of rotatable bonds is 3. The van der Waals surface area contributed by atoms with Gasteiger partial charge in [-0.05, 0) is 32.6 Å². The lowest BCUT2D eigenvalue weighted by Crippen LogP contribution is -2.45. The van der Waals surface area contributed by atoms with Crippen LogP contribution in [0.2, 0.25) is 0 Å². The van der Waals surface area contributed by atoms with Crippen LogP contribution in [-0.4, -0.2) is 17.7 Å². The average Bonchev–Trinajstić information content (AvgIpc) is 1.97. The zero-order valence-corrected chi connectivity index (χ0v) is 11.8. The molecule has 0 aliphatic rings. The molecular weight excluding hydrogens is 202 g/mol. The Hall–Kier alpha value is -0.730. The maximum absolute atomic E-state index is 11.7.